The Balaban J connectivity index is 1.95. The molecule has 2 rings (SSSR count). The molecule has 0 spiro atoms. The number of aryl methyl sites for hydroxylation is 2. The largest absolute Gasteiger partial charge is 0.411 e. The van der Waals surface area contributed by atoms with Crippen LogP contribution in [0.5, 0.6) is 0 Å². The smallest absolute Gasteiger partial charge is 0.103 e. The molecule has 0 saturated heterocycles. The van der Waals surface area contributed by atoms with Crippen LogP contribution in [0.1, 0.15) is 17.0 Å². The first-order valence-corrected chi connectivity index (χ1v) is 5.26. The summed E-state index contributed by atoms with van der Waals surface area (Å²) in [6.07, 6.45) is 9.82. The van der Waals surface area contributed by atoms with Gasteiger partial charge in [-0.25, -0.2) is 0 Å². The summed E-state index contributed by atoms with van der Waals surface area (Å²) in [6, 6.07) is 3.95. The normalized spacial score (nSPS) is 10.8. The van der Waals surface area contributed by atoms with E-state index in [2.05, 4.69) is 20.1 Å². The molecular weight excluding hydrogens is 216 g/mol. The summed E-state index contributed by atoms with van der Waals surface area (Å²) in [4.78, 5) is 12.4. The van der Waals surface area contributed by atoms with Gasteiger partial charge < -0.3 is 5.21 Å². The van der Waals surface area contributed by atoms with E-state index in [1.807, 2.05) is 18.3 Å². The number of hydrogen-bond acceptors (Lipinski definition) is 5. The summed E-state index contributed by atoms with van der Waals surface area (Å²) in [5.74, 6) is 0. The Labute approximate surface area is 98.9 Å². The Morgan fingerprint density at radius 3 is 2.76 bits per heavy atom. The van der Waals surface area contributed by atoms with Crippen LogP contribution < -0.4 is 0 Å². The zero-order chi connectivity index (χ0) is 11.9. The lowest BCUT2D eigenvalue weighted by molar-refractivity contribution is 0.321. The third-order valence-electron chi connectivity index (χ3n) is 2.31. The van der Waals surface area contributed by atoms with Crippen molar-refractivity contribution >= 4 is 6.21 Å². The molecule has 0 fully saturated rings. The highest BCUT2D eigenvalue weighted by Gasteiger charge is 1.98. The lowest BCUT2D eigenvalue weighted by atomic mass is 10.1. The minimum Gasteiger partial charge on any atom is -0.411 e. The standard InChI is InChI=1S/C12H12N4O/c17-16-9-12-8-14-11(7-15-12)4-3-10-2-1-5-13-6-10/h1-2,5-9,17H,3-4H2/b16-9-. The monoisotopic (exact) mass is 228 g/mol. The van der Waals surface area contributed by atoms with E-state index >= 15 is 0 Å². The molecule has 2 aromatic heterocycles. The van der Waals surface area contributed by atoms with Crippen molar-refractivity contribution in [1.29, 1.82) is 0 Å². The Morgan fingerprint density at radius 2 is 2.12 bits per heavy atom. The van der Waals surface area contributed by atoms with Crippen LogP contribution in [0.3, 0.4) is 0 Å². The molecule has 2 aromatic rings. The minimum absolute atomic E-state index is 0.539. The molecule has 0 unspecified atom stereocenters. The van der Waals surface area contributed by atoms with E-state index < -0.39 is 0 Å². The molecule has 1 N–H and O–H groups in total. The third-order valence-corrected chi connectivity index (χ3v) is 2.31. The highest BCUT2D eigenvalue weighted by atomic mass is 16.4. The minimum atomic E-state index is 0.539. The van der Waals surface area contributed by atoms with Gasteiger partial charge in [-0.15, -0.1) is 0 Å². The molecule has 0 aliphatic carbocycles. The molecule has 0 radical (unpaired) electrons. The molecule has 2 heterocycles. The van der Waals surface area contributed by atoms with E-state index in [0.717, 1.165) is 18.5 Å². The van der Waals surface area contributed by atoms with Gasteiger partial charge in [0, 0.05) is 18.6 Å². The Kier molecular flexibility index (Phi) is 3.75. The van der Waals surface area contributed by atoms with E-state index in [-0.39, 0.29) is 0 Å². The van der Waals surface area contributed by atoms with Crippen molar-refractivity contribution < 1.29 is 5.21 Å². The van der Waals surface area contributed by atoms with Crippen molar-refractivity contribution in [2.45, 2.75) is 12.8 Å². The van der Waals surface area contributed by atoms with Crippen molar-refractivity contribution in [3.63, 3.8) is 0 Å². The fourth-order valence-corrected chi connectivity index (χ4v) is 1.44. The number of hydrogen-bond donors (Lipinski definition) is 1. The molecule has 5 nitrogen and oxygen atoms in total. The average Bonchev–Trinajstić information content (AvgIpc) is 2.40. The van der Waals surface area contributed by atoms with Crippen LogP contribution in [0.25, 0.3) is 0 Å². The second kappa shape index (κ2) is 5.69. The van der Waals surface area contributed by atoms with Crippen LogP contribution in [-0.2, 0) is 12.8 Å². The summed E-state index contributed by atoms with van der Waals surface area (Å²) in [7, 11) is 0. The van der Waals surface area contributed by atoms with E-state index in [4.69, 9.17) is 5.21 Å². The summed E-state index contributed by atoms with van der Waals surface area (Å²) in [5, 5.41) is 11.2. The average molecular weight is 228 g/mol. The van der Waals surface area contributed by atoms with Gasteiger partial charge in [0.25, 0.3) is 0 Å². The molecule has 86 valence electrons. The molecule has 0 saturated carbocycles. The molecule has 0 atom stereocenters. The van der Waals surface area contributed by atoms with E-state index in [1.54, 1.807) is 18.6 Å². The van der Waals surface area contributed by atoms with Gasteiger partial charge in [-0.1, -0.05) is 11.2 Å². The molecule has 0 aliphatic rings. The first-order valence-electron chi connectivity index (χ1n) is 5.26. The van der Waals surface area contributed by atoms with Gasteiger partial charge in [-0.3, -0.25) is 15.0 Å². The van der Waals surface area contributed by atoms with Crippen molar-refractivity contribution in [2.24, 2.45) is 5.16 Å². The molecule has 0 amide bonds. The predicted octanol–water partition coefficient (Wildman–Crippen LogP) is 1.46. The first-order chi connectivity index (χ1) is 8.38. The topological polar surface area (TPSA) is 71.3 Å². The van der Waals surface area contributed by atoms with Crippen LogP contribution >= 0.6 is 0 Å². The highest BCUT2D eigenvalue weighted by Crippen LogP contribution is 2.03. The maximum Gasteiger partial charge on any atom is 0.103 e. The van der Waals surface area contributed by atoms with Gasteiger partial charge >= 0.3 is 0 Å². The van der Waals surface area contributed by atoms with Crippen molar-refractivity contribution in [3.05, 3.63) is 53.9 Å². The lowest BCUT2D eigenvalue weighted by Crippen LogP contribution is -1.98. The van der Waals surface area contributed by atoms with Crippen LogP contribution in [0.15, 0.2) is 42.1 Å². The predicted molar refractivity (Wildman–Crippen MR) is 63.1 cm³/mol. The molecule has 0 aliphatic heterocycles. The van der Waals surface area contributed by atoms with Crippen LogP contribution in [-0.4, -0.2) is 26.4 Å². The van der Waals surface area contributed by atoms with Crippen LogP contribution in [0.4, 0.5) is 0 Å². The van der Waals surface area contributed by atoms with Crippen molar-refractivity contribution in [2.75, 3.05) is 0 Å². The van der Waals surface area contributed by atoms with Gasteiger partial charge in [-0.05, 0) is 24.5 Å². The van der Waals surface area contributed by atoms with Crippen molar-refractivity contribution in [3.8, 4) is 0 Å². The molecule has 5 heteroatoms. The zero-order valence-corrected chi connectivity index (χ0v) is 9.19. The summed E-state index contributed by atoms with van der Waals surface area (Å²) < 4.78 is 0. The molecule has 17 heavy (non-hydrogen) atoms. The number of aromatic nitrogens is 3. The third kappa shape index (κ3) is 3.34. The summed E-state index contributed by atoms with van der Waals surface area (Å²) >= 11 is 0. The van der Waals surface area contributed by atoms with E-state index in [9.17, 15) is 0 Å². The fourth-order valence-electron chi connectivity index (χ4n) is 1.44. The zero-order valence-electron chi connectivity index (χ0n) is 9.19. The van der Waals surface area contributed by atoms with Crippen molar-refractivity contribution in [1.82, 2.24) is 15.0 Å². The van der Waals surface area contributed by atoms with Gasteiger partial charge in [0.15, 0.2) is 0 Å². The molecule has 0 aromatic carbocycles. The summed E-state index contributed by atoms with van der Waals surface area (Å²) in [5.41, 5.74) is 2.62. The summed E-state index contributed by atoms with van der Waals surface area (Å²) in [6.45, 7) is 0. The molecular formula is C12H12N4O. The van der Waals surface area contributed by atoms with E-state index in [0.29, 0.717) is 5.69 Å². The van der Waals surface area contributed by atoms with Gasteiger partial charge in [0.2, 0.25) is 0 Å². The number of pyridine rings is 1. The number of nitrogens with zero attached hydrogens (tertiary/aromatic N) is 4. The fraction of sp³-hybridized carbons (Fsp3) is 0.167. The molecule has 0 bridgehead atoms. The van der Waals surface area contributed by atoms with Gasteiger partial charge in [-0.2, -0.15) is 0 Å². The second-order valence-corrected chi connectivity index (χ2v) is 3.54. The highest BCUT2D eigenvalue weighted by molar-refractivity contribution is 5.75. The van der Waals surface area contributed by atoms with E-state index in [1.165, 1.54) is 11.8 Å². The Hall–Kier alpha value is -2.30. The quantitative estimate of drug-likeness (QED) is 0.488. The van der Waals surface area contributed by atoms with Gasteiger partial charge in [0.1, 0.15) is 5.69 Å². The van der Waals surface area contributed by atoms with Crippen LogP contribution in [0, 0.1) is 0 Å². The maximum absolute atomic E-state index is 8.34. The van der Waals surface area contributed by atoms with Crippen LogP contribution in [0.2, 0.25) is 0 Å². The SMILES string of the molecule is O/N=C\c1cnc(CCc2cccnc2)cn1. The number of oxime groups is 1. The lowest BCUT2D eigenvalue weighted by Gasteiger charge is -2.00. The second-order valence-electron chi connectivity index (χ2n) is 3.54. The Bertz CT molecular complexity index is 482. The Morgan fingerprint density at radius 1 is 1.18 bits per heavy atom. The van der Waals surface area contributed by atoms with Gasteiger partial charge in [0.05, 0.1) is 18.1 Å². The number of rotatable bonds is 4. The maximum atomic E-state index is 8.34. The first kappa shape index (κ1) is 11.2.